The van der Waals surface area contributed by atoms with Crippen molar-refractivity contribution in [1.29, 1.82) is 0 Å². The minimum absolute atomic E-state index is 0.00640. The van der Waals surface area contributed by atoms with E-state index in [0.717, 1.165) is 104 Å². The van der Waals surface area contributed by atoms with Gasteiger partial charge in [0.05, 0.1) is 11.1 Å². The normalized spacial score (nSPS) is 22.4. The number of fused-ring (bicyclic) bond motifs is 3. The number of rotatable bonds is 11. The van der Waals surface area contributed by atoms with Crippen LogP contribution in [0.15, 0.2) is 71.8 Å². The van der Waals surface area contributed by atoms with Crippen molar-refractivity contribution in [1.82, 2.24) is 44.0 Å². The highest BCUT2D eigenvalue weighted by Gasteiger charge is 2.61. The van der Waals surface area contributed by atoms with Gasteiger partial charge >= 0.3 is 5.69 Å². The number of imide groups is 1. The third kappa shape index (κ3) is 8.51. The van der Waals surface area contributed by atoms with Gasteiger partial charge in [0.1, 0.15) is 23.3 Å². The molecule has 5 aliphatic heterocycles. The number of carbonyl (C=O) groups is 4. The Bertz CT molecular complexity index is 3090. The minimum Gasteiger partial charge on any atom is -0.373 e. The molecular formula is C55H64FN11O5. The molecule has 1 spiro atoms. The number of nitrogens with zero attached hydrogens (tertiary/aromatic N) is 9. The van der Waals surface area contributed by atoms with Crippen LogP contribution in [0.25, 0.3) is 22.3 Å². The molecule has 1 unspecified atom stereocenters. The Morgan fingerprint density at radius 2 is 1.76 bits per heavy atom. The standard InChI is InChI=1S/C55H64FN11O5/c1-33-26-39(28-42(56)49(33)38-13-21-63(22-14-38)35(3)46-29-40-43(10-18-58-50(40)61(46)5)66-23-15-47(57-4)59-54(66)72)52(70)64-19-11-36(12-20-64)32-65-25-24-62(30-34(65)2)31-37-6-7-44-41(27-37)55(16-17-55)53(71)67(44)45-8-9-48(68)60-51(45)69/h6-7,10,13,15,18,23,26-29,34-36,45H,8-9,11-12,14,16-17,19-22,24-25,30-32H2,1-5H3,(H,57,59,72)(H,60,68,69)/t34-,35-,45?/m0/s1. The van der Waals surface area contributed by atoms with E-state index in [9.17, 15) is 24.0 Å². The number of hydrogen-bond donors (Lipinski definition) is 2. The molecule has 2 N–H and O–H groups in total. The van der Waals surface area contributed by atoms with Crippen LogP contribution in [0, 0.1) is 18.7 Å². The first-order valence-corrected chi connectivity index (χ1v) is 25.7. The molecule has 0 bridgehead atoms. The molecule has 3 aromatic heterocycles. The average Bonchev–Trinajstić information content (AvgIpc) is 4.07. The van der Waals surface area contributed by atoms with Crippen molar-refractivity contribution in [3.8, 4) is 5.69 Å². The summed E-state index contributed by atoms with van der Waals surface area (Å²) in [7, 11) is 3.72. The van der Waals surface area contributed by atoms with Gasteiger partial charge in [0.15, 0.2) is 0 Å². The molecule has 2 aromatic carbocycles. The molecule has 3 saturated heterocycles. The molecule has 0 radical (unpaired) electrons. The number of halogens is 1. The lowest BCUT2D eigenvalue weighted by Gasteiger charge is -2.42. The molecule has 5 aromatic rings. The number of amides is 4. The smallest absolute Gasteiger partial charge is 0.354 e. The van der Waals surface area contributed by atoms with E-state index in [-0.39, 0.29) is 47.6 Å². The maximum Gasteiger partial charge on any atom is 0.354 e. The van der Waals surface area contributed by atoms with Gasteiger partial charge in [-0.1, -0.05) is 18.2 Å². The fourth-order valence-electron chi connectivity index (χ4n) is 12.4. The van der Waals surface area contributed by atoms with Crippen LogP contribution in [0.4, 0.5) is 15.9 Å². The number of piperazine rings is 1. The minimum atomic E-state index is -0.648. The Hall–Kier alpha value is -6.56. The topological polar surface area (TPSA) is 161 Å². The molecule has 4 amide bonds. The van der Waals surface area contributed by atoms with Crippen molar-refractivity contribution in [2.75, 3.05) is 69.6 Å². The molecule has 3 atom stereocenters. The average molecular weight is 978 g/mol. The Kier molecular flexibility index (Phi) is 12.5. The van der Waals surface area contributed by atoms with E-state index >= 15 is 4.39 Å². The summed E-state index contributed by atoms with van der Waals surface area (Å²) in [5.74, 6) is -0.172. The first-order chi connectivity index (χ1) is 34.7. The van der Waals surface area contributed by atoms with Gasteiger partial charge in [0.25, 0.3) is 5.91 Å². The maximum atomic E-state index is 16.2. The van der Waals surface area contributed by atoms with Crippen molar-refractivity contribution in [3.05, 3.63) is 117 Å². The highest BCUT2D eigenvalue weighted by Crippen LogP contribution is 2.58. The summed E-state index contributed by atoms with van der Waals surface area (Å²) in [5, 5.41) is 6.19. The number of aryl methyl sites for hydroxylation is 2. The van der Waals surface area contributed by atoms with Crippen molar-refractivity contribution >= 4 is 51.7 Å². The Morgan fingerprint density at radius 3 is 2.46 bits per heavy atom. The van der Waals surface area contributed by atoms with Crippen LogP contribution in [-0.4, -0.2) is 134 Å². The van der Waals surface area contributed by atoms with Gasteiger partial charge in [-0.2, -0.15) is 4.98 Å². The summed E-state index contributed by atoms with van der Waals surface area (Å²) in [6.45, 7) is 13.6. The van der Waals surface area contributed by atoms with E-state index in [0.29, 0.717) is 67.1 Å². The number of benzene rings is 2. The number of likely N-dealkylation sites (tertiary alicyclic amines) is 1. The van der Waals surface area contributed by atoms with E-state index in [4.69, 9.17) is 0 Å². The van der Waals surface area contributed by atoms with Crippen molar-refractivity contribution in [2.45, 2.75) is 95.8 Å². The molecular weight excluding hydrogens is 914 g/mol. The highest BCUT2D eigenvalue weighted by molar-refractivity contribution is 6.15. The molecule has 1 aliphatic carbocycles. The number of carbonyl (C=O) groups excluding carboxylic acids is 4. The summed E-state index contributed by atoms with van der Waals surface area (Å²) in [4.78, 5) is 85.0. The van der Waals surface area contributed by atoms with E-state index in [1.807, 2.05) is 37.1 Å². The lowest BCUT2D eigenvalue weighted by molar-refractivity contribution is -0.135. The number of hydrogen-bond acceptors (Lipinski definition) is 11. The lowest BCUT2D eigenvalue weighted by atomic mass is 9.92. The first kappa shape index (κ1) is 47.7. The number of aromatic nitrogens is 4. The third-order valence-electron chi connectivity index (χ3n) is 16.7. The molecule has 6 aliphatic rings. The molecule has 17 heteroatoms. The van der Waals surface area contributed by atoms with Crippen molar-refractivity contribution < 1.29 is 23.6 Å². The van der Waals surface area contributed by atoms with Gasteiger partial charge in [-0.3, -0.25) is 48.7 Å². The van der Waals surface area contributed by atoms with Crippen LogP contribution in [0.1, 0.15) is 103 Å². The van der Waals surface area contributed by atoms with Crippen molar-refractivity contribution in [3.63, 3.8) is 0 Å². The Morgan fingerprint density at radius 1 is 0.958 bits per heavy atom. The predicted molar refractivity (Wildman–Crippen MR) is 273 cm³/mol. The zero-order valence-electron chi connectivity index (χ0n) is 41.9. The largest absolute Gasteiger partial charge is 0.373 e. The number of nitrogens with one attached hydrogen (secondary N) is 2. The zero-order chi connectivity index (χ0) is 50.2. The summed E-state index contributed by atoms with van der Waals surface area (Å²) >= 11 is 0. The third-order valence-corrected chi connectivity index (χ3v) is 16.7. The van der Waals surface area contributed by atoms with E-state index in [2.05, 4.69) is 78.0 Å². The lowest BCUT2D eigenvalue weighted by Crippen LogP contribution is -2.54. The van der Waals surface area contributed by atoms with E-state index < -0.39 is 11.5 Å². The SMILES string of the molecule is CNc1ccn(-c2ccnc3c2cc([C@H](C)N2CC=C(c4c(C)cc(C(=O)N5CCC(CN6CCN(Cc7ccc8c(c7)C7(CC7)C(=O)N8C7CCC(=O)NC7=O)C[C@@H]6C)CC5)cc4F)CC2)n3C)c(=O)n1. The van der Waals surface area contributed by atoms with Gasteiger partial charge < -0.3 is 14.8 Å². The predicted octanol–water partition coefficient (Wildman–Crippen LogP) is 5.70. The fourth-order valence-corrected chi connectivity index (χ4v) is 12.4. The molecule has 16 nitrogen and oxygen atoms in total. The fraction of sp³-hybridized carbons (Fsp3) is 0.473. The van der Waals surface area contributed by atoms with Gasteiger partial charge in [-0.25, -0.2) is 14.2 Å². The van der Waals surface area contributed by atoms with Gasteiger partial charge in [-0.05, 0) is 124 Å². The molecule has 8 heterocycles. The van der Waals surface area contributed by atoms with Crippen LogP contribution in [0.5, 0.6) is 0 Å². The maximum absolute atomic E-state index is 16.2. The quantitative estimate of drug-likeness (QED) is 0.156. The first-order valence-electron chi connectivity index (χ1n) is 25.7. The molecule has 376 valence electrons. The van der Waals surface area contributed by atoms with Crippen LogP contribution in [0.3, 0.4) is 0 Å². The number of pyridine rings is 1. The Labute approximate surface area is 418 Å². The van der Waals surface area contributed by atoms with Gasteiger partial charge in [0, 0.05) is 132 Å². The van der Waals surface area contributed by atoms with E-state index in [1.54, 1.807) is 30.4 Å². The number of anilines is 2. The summed E-state index contributed by atoms with van der Waals surface area (Å²) in [6.07, 6.45) is 10.2. The van der Waals surface area contributed by atoms with Crippen LogP contribution in [0.2, 0.25) is 0 Å². The second-order valence-electron chi connectivity index (χ2n) is 21.1. The monoisotopic (exact) mass is 978 g/mol. The van der Waals surface area contributed by atoms with E-state index in [1.165, 1.54) is 16.2 Å². The molecule has 1 saturated carbocycles. The second-order valence-corrected chi connectivity index (χ2v) is 21.1. The zero-order valence-corrected chi connectivity index (χ0v) is 41.9. The Balaban J connectivity index is 0.671. The second kappa shape index (κ2) is 18.8. The summed E-state index contributed by atoms with van der Waals surface area (Å²) in [6, 6.07) is 15.0. The van der Waals surface area contributed by atoms with Gasteiger partial charge in [0.2, 0.25) is 17.7 Å². The highest BCUT2D eigenvalue weighted by atomic mass is 19.1. The summed E-state index contributed by atoms with van der Waals surface area (Å²) < 4.78 is 19.8. The molecule has 4 fully saturated rings. The van der Waals surface area contributed by atoms with Crippen molar-refractivity contribution in [2.24, 2.45) is 13.0 Å². The van der Waals surface area contributed by atoms with Crippen LogP contribution < -0.4 is 21.2 Å². The van der Waals surface area contributed by atoms with Gasteiger partial charge in [-0.15, -0.1) is 0 Å². The van der Waals surface area contributed by atoms with Crippen LogP contribution in [-0.2, 0) is 33.4 Å². The number of piperidine rings is 2. The van der Waals surface area contributed by atoms with Crippen LogP contribution >= 0.6 is 0 Å². The summed E-state index contributed by atoms with van der Waals surface area (Å²) in [5.41, 5.74) is 7.34. The molecule has 11 rings (SSSR count). The molecule has 72 heavy (non-hydrogen) atoms.